The van der Waals surface area contributed by atoms with E-state index in [1.807, 2.05) is 80.6 Å². The van der Waals surface area contributed by atoms with Crippen LogP contribution in [0.2, 0.25) is 0 Å². The van der Waals surface area contributed by atoms with Crippen molar-refractivity contribution in [3.63, 3.8) is 0 Å². The minimum Gasteiger partial charge on any atom is -0.359 e. The highest BCUT2D eigenvalue weighted by Gasteiger charge is 2.73. The van der Waals surface area contributed by atoms with Gasteiger partial charge < -0.3 is 20.3 Å². The molecule has 1 aliphatic carbocycles. The van der Waals surface area contributed by atoms with Crippen LogP contribution in [-0.4, -0.2) is 46.4 Å². The quantitative estimate of drug-likeness (QED) is 0.564. The van der Waals surface area contributed by atoms with Crippen molar-refractivity contribution in [2.75, 3.05) is 5.32 Å². The molecule has 7 nitrogen and oxygen atoms in total. The molecule has 3 fully saturated rings. The van der Waals surface area contributed by atoms with Crippen LogP contribution in [0.4, 0.5) is 5.69 Å². The van der Waals surface area contributed by atoms with Gasteiger partial charge in [-0.1, -0.05) is 79.4 Å². The summed E-state index contributed by atoms with van der Waals surface area (Å²) in [5, 5.41) is 6.24. The van der Waals surface area contributed by atoms with Gasteiger partial charge in [0, 0.05) is 11.7 Å². The molecule has 38 heavy (non-hydrogen) atoms. The van der Waals surface area contributed by atoms with Crippen LogP contribution in [0.15, 0.2) is 66.7 Å². The van der Waals surface area contributed by atoms with Crippen LogP contribution < -0.4 is 10.6 Å². The number of hydrogen-bond donors (Lipinski definition) is 2. The second kappa shape index (κ2) is 9.70. The average molecular weight is 514 g/mol. The van der Waals surface area contributed by atoms with E-state index in [1.54, 1.807) is 4.90 Å². The fraction of sp³-hybridized carbons (Fsp3) is 0.452. The van der Waals surface area contributed by atoms with Crippen molar-refractivity contribution in [2.24, 2.45) is 11.8 Å². The van der Waals surface area contributed by atoms with Gasteiger partial charge in [0.2, 0.25) is 17.7 Å². The zero-order valence-electron chi connectivity index (χ0n) is 21.9. The Bertz CT molecular complexity index is 1250. The molecule has 4 unspecified atom stereocenters. The van der Waals surface area contributed by atoms with E-state index in [0.717, 1.165) is 36.8 Å². The van der Waals surface area contributed by atoms with Gasteiger partial charge in [0.05, 0.1) is 24.0 Å². The van der Waals surface area contributed by atoms with E-state index in [4.69, 9.17) is 4.74 Å². The van der Waals surface area contributed by atoms with Crippen molar-refractivity contribution in [1.29, 1.82) is 0 Å². The molecular weight excluding hydrogens is 478 g/mol. The van der Waals surface area contributed by atoms with Crippen molar-refractivity contribution in [1.82, 2.24) is 10.2 Å². The molecule has 2 aromatic carbocycles. The number of ether oxygens (including phenoxy) is 1. The molecule has 0 aromatic heterocycles. The maximum absolute atomic E-state index is 14.3. The molecule has 3 heterocycles. The Hall–Kier alpha value is -3.45. The third-order valence-corrected chi connectivity index (χ3v) is 8.83. The van der Waals surface area contributed by atoms with Crippen LogP contribution >= 0.6 is 0 Å². The SMILES string of the molecule is Cc1ccc(NC(=O)C2[C@H]3C=CC4(O3)C(C(=O)NC3CCCCC3)N(C(C)c3ccccc3)C(=O)[C@@H]24)cc1. The van der Waals surface area contributed by atoms with E-state index in [0.29, 0.717) is 5.69 Å². The molecule has 3 aliphatic heterocycles. The number of benzene rings is 2. The van der Waals surface area contributed by atoms with Crippen molar-refractivity contribution in [2.45, 2.75) is 75.8 Å². The molecule has 6 rings (SSSR count). The van der Waals surface area contributed by atoms with Crippen molar-refractivity contribution < 1.29 is 19.1 Å². The second-order valence-corrected chi connectivity index (χ2v) is 11.2. The monoisotopic (exact) mass is 513 g/mol. The lowest BCUT2D eigenvalue weighted by atomic mass is 9.74. The van der Waals surface area contributed by atoms with E-state index in [2.05, 4.69) is 10.6 Å². The Labute approximate surface area is 223 Å². The first-order chi connectivity index (χ1) is 18.4. The molecule has 2 N–H and O–H groups in total. The van der Waals surface area contributed by atoms with Crippen LogP contribution in [0, 0.1) is 18.8 Å². The van der Waals surface area contributed by atoms with Gasteiger partial charge in [-0.15, -0.1) is 0 Å². The van der Waals surface area contributed by atoms with Crippen LogP contribution in [0.25, 0.3) is 0 Å². The summed E-state index contributed by atoms with van der Waals surface area (Å²) in [5.74, 6) is -2.14. The van der Waals surface area contributed by atoms with Crippen LogP contribution in [0.5, 0.6) is 0 Å². The summed E-state index contributed by atoms with van der Waals surface area (Å²) in [6.45, 7) is 3.94. The van der Waals surface area contributed by atoms with Gasteiger partial charge in [0.15, 0.2) is 0 Å². The number of carbonyl (C=O) groups is 3. The van der Waals surface area contributed by atoms with E-state index in [1.165, 1.54) is 6.42 Å². The molecule has 6 atom stereocenters. The maximum Gasteiger partial charge on any atom is 0.246 e. The molecule has 2 aromatic rings. The summed E-state index contributed by atoms with van der Waals surface area (Å²) in [6, 6.07) is 16.2. The van der Waals surface area contributed by atoms with Gasteiger partial charge in [-0.05, 0) is 44.4 Å². The number of nitrogens with one attached hydrogen (secondary N) is 2. The lowest BCUT2D eigenvalue weighted by Gasteiger charge is -2.37. The van der Waals surface area contributed by atoms with Crippen LogP contribution in [0.1, 0.15) is 56.2 Å². The third-order valence-electron chi connectivity index (χ3n) is 8.83. The minimum absolute atomic E-state index is 0.0962. The number of carbonyl (C=O) groups excluding carboxylic acids is 3. The van der Waals surface area contributed by atoms with E-state index < -0.39 is 29.6 Å². The number of nitrogens with zero attached hydrogens (tertiary/aromatic N) is 1. The Morgan fingerprint density at radius 3 is 2.42 bits per heavy atom. The molecule has 0 radical (unpaired) electrons. The number of anilines is 1. The summed E-state index contributed by atoms with van der Waals surface area (Å²) >= 11 is 0. The Balaban J connectivity index is 1.35. The standard InChI is InChI=1S/C31H35N3O4/c1-19-13-15-23(16-14-19)32-28(35)25-24-17-18-31(38-24)26(25)30(37)34(20(2)21-9-5-3-6-10-21)27(31)29(36)33-22-11-7-4-8-12-22/h3,5-6,9-10,13-18,20,22,24-27H,4,7-8,11-12H2,1-2H3,(H,32,35)(H,33,36)/t20?,24-,25?,26-,27?,31?/m1/s1. The summed E-state index contributed by atoms with van der Waals surface area (Å²) in [4.78, 5) is 43.6. The van der Waals surface area contributed by atoms with Crippen LogP contribution in [-0.2, 0) is 19.1 Å². The fourth-order valence-corrected chi connectivity index (χ4v) is 6.91. The van der Waals surface area contributed by atoms with E-state index in [9.17, 15) is 14.4 Å². The third kappa shape index (κ3) is 4.04. The number of rotatable bonds is 6. The largest absolute Gasteiger partial charge is 0.359 e. The molecule has 4 aliphatic rings. The number of likely N-dealkylation sites (tertiary alicyclic amines) is 1. The smallest absolute Gasteiger partial charge is 0.246 e. The highest BCUT2D eigenvalue weighted by molar-refractivity contribution is 6.03. The first-order valence-electron chi connectivity index (χ1n) is 13.8. The van der Waals surface area contributed by atoms with E-state index >= 15 is 0 Å². The summed E-state index contributed by atoms with van der Waals surface area (Å²) in [7, 11) is 0. The Morgan fingerprint density at radius 1 is 1.00 bits per heavy atom. The lowest BCUT2D eigenvalue weighted by molar-refractivity contribution is -0.143. The van der Waals surface area contributed by atoms with Crippen LogP contribution in [0.3, 0.4) is 0 Å². The fourth-order valence-electron chi connectivity index (χ4n) is 6.91. The van der Waals surface area contributed by atoms with Crippen molar-refractivity contribution in [3.8, 4) is 0 Å². The number of amides is 3. The first-order valence-corrected chi connectivity index (χ1v) is 13.8. The number of fused-ring (bicyclic) bond motifs is 1. The summed E-state index contributed by atoms with van der Waals surface area (Å²) in [6.07, 6.45) is 8.44. The van der Waals surface area contributed by atoms with Crippen molar-refractivity contribution >= 4 is 23.4 Å². The second-order valence-electron chi connectivity index (χ2n) is 11.2. The zero-order chi connectivity index (χ0) is 26.4. The predicted octanol–water partition coefficient (Wildman–Crippen LogP) is 4.29. The highest BCUT2D eigenvalue weighted by Crippen LogP contribution is 2.56. The average Bonchev–Trinajstić information content (AvgIpc) is 3.58. The topological polar surface area (TPSA) is 87.7 Å². The van der Waals surface area contributed by atoms with Gasteiger partial charge in [-0.2, -0.15) is 0 Å². The van der Waals surface area contributed by atoms with Gasteiger partial charge in [0.25, 0.3) is 0 Å². The predicted molar refractivity (Wildman–Crippen MR) is 144 cm³/mol. The van der Waals surface area contributed by atoms with Gasteiger partial charge in [-0.25, -0.2) is 0 Å². The Morgan fingerprint density at radius 2 is 1.71 bits per heavy atom. The minimum atomic E-state index is -1.17. The molecule has 1 saturated carbocycles. The molecule has 2 saturated heterocycles. The molecular formula is C31H35N3O4. The maximum atomic E-state index is 14.3. The zero-order valence-corrected chi connectivity index (χ0v) is 21.9. The van der Waals surface area contributed by atoms with Gasteiger partial charge in [-0.3, -0.25) is 14.4 Å². The molecule has 7 heteroatoms. The lowest BCUT2D eigenvalue weighted by Crippen LogP contribution is -2.56. The molecule has 3 amide bonds. The van der Waals surface area contributed by atoms with Gasteiger partial charge in [0.1, 0.15) is 11.6 Å². The molecule has 198 valence electrons. The molecule has 2 bridgehead atoms. The normalized spacial score (nSPS) is 30.8. The first kappa shape index (κ1) is 24.9. The summed E-state index contributed by atoms with van der Waals surface area (Å²) in [5.41, 5.74) is 1.54. The number of hydrogen-bond acceptors (Lipinski definition) is 4. The van der Waals surface area contributed by atoms with Crippen molar-refractivity contribution in [3.05, 3.63) is 77.9 Å². The molecule has 1 spiro atoms. The highest BCUT2D eigenvalue weighted by atomic mass is 16.5. The van der Waals surface area contributed by atoms with E-state index in [-0.39, 0.29) is 29.8 Å². The summed E-state index contributed by atoms with van der Waals surface area (Å²) < 4.78 is 6.49. The number of aryl methyl sites for hydroxylation is 1. The van der Waals surface area contributed by atoms with Gasteiger partial charge >= 0.3 is 0 Å². The Kier molecular flexibility index (Phi) is 6.34.